The molecule has 3 aliphatic rings. The van der Waals surface area contributed by atoms with Crippen molar-refractivity contribution in [3.05, 3.63) is 81.9 Å². The number of ether oxygens (including phenoxy) is 2. The van der Waals surface area contributed by atoms with Crippen LogP contribution in [-0.2, 0) is 28.7 Å². The largest absolute Gasteiger partial charge is 0.468 e. The Morgan fingerprint density at radius 1 is 1.03 bits per heavy atom. The lowest BCUT2D eigenvalue weighted by Gasteiger charge is -2.42. The van der Waals surface area contributed by atoms with Crippen molar-refractivity contribution in [1.82, 2.24) is 0 Å². The predicted octanol–water partition coefficient (Wildman–Crippen LogP) is 2.88. The molecule has 0 unspecified atom stereocenters. The SMILES string of the molecule is COC(=O)C1(C(=O)OC)CC2=C[C@@H]3C(=O)N(c4ccccc4)C(=O)[C@@H]3C[C@@]2([C@@H](O)c2ccc([N+](=O)[O-])cc2)C1. The highest BCUT2D eigenvalue weighted by atomic mass is 16.6. The molecule has 0 radical (unpaired) electrons. The summed E-state index contributed by atoms with van der Waals surface area (Å²) in [7, 11) is 2.28. The minimum Gasteiger partial charge on any atom is -0.468 e. The molecule has 2 aromatic carbocycles. The Kier molecular flexibility index (Phi) is 6.34. The number of anilines is 1. The van der Waals surface area contributed by atoms with Crippen LogP contribution in [0.15, 0.2) is 66.2 Å². The summed E-state index contributed by atoms with van der Waals surface area (Å²) in [4.78, 5) is 65.0. The molecule has 1 N–H and O–H groups in total. The number of rotatable bonds is 6. The highest BCUT2D eigenvalue weighted by Crippen LogP contribution is 2.65. The molecular weight excluding hydrogens is 508 g/mol. The van der Waals surface area contributed by atoms with Gasteiger partial charge in [-0.1, -0.05) is 29.8 Å². The third-order valence-electron chi connectivity index (χ3n) is 8.30. The number of fused-ring (bicyclic) bond motifs is 2. The lowest BCUT2D eigenvalue weighted by Crippen LogP contribution is -2.42. The van der Waals surface area contributed by atoms with Crippen LogP contribution in [0.3, 0.4) is 0 Å². The van der Waals surface area contributed by atoms with E-state index in [4.69, 9.17) is 9.47 Å². The zero-order chi connectivity index (χ0) is 28.1. The monoisotopic (exact) mass is 534 g/mol. The average Bonchev–Trinajstić information content (AvgIpc) is 3.43. The van der Waals surface area contributed by atoms with Crippen LogP contribution in [-0.4, -0.2) is 48.0 Å². The fourth-order valence-electron chi connectivity index (χ4n) is 6.48. The number of hydrogen-bond acceptors (Lipinski definition) is 9. The van der Waals surface area contributed by atoms with Crippen LogP contribution in [0.25, 0.3) is 0 Å². The van der Waals surface area contributed by atoms with Gasteiger partial charge in [-0.05, 0) is 49.1 Å². The lowest BCUT2D eigenvalue weighted by atomic mass is 9.62. The minimum absolute atomic E-state index is 0.0364. The summed E-state index contributed by atoms with van der Waals surface area (Å²) in [6.07, 6.45) is -0.216. The number of esters is 2. The van der Waals surface area contributed by atoms with Gasteiger partial charge < -0.3 is 14.6 Å². The Balaban J connectivity index is 1.64. The van der Waals surface area contributed by atoms with Gasteiger partial charge in [0.05, 0.1) is 42.8 Å². The highest BCUT2D eigenvalue weighted by molar-refractivity contribution is 6.22. The van der Waals surface area contributed by atoms with E-state index < -0.39 is 57.4 Å². The molecular formula is C28H26N2O9. The van der Waals surface area contributed by atoms with Gasteiger partial charge in [-0.15, -0.1) is 0 Å². The fourth-order valence-corrected chi connectivity index (χ4v) is 6.48. The van der Waals surface area contributed by atoms with Gasteiger partial charge in [-0.25, -0.2) is 4.90 Å². The van der Waals surface area contributed by atoms with Gasteiger partial charge in [0.25, 0.3) is 5.69 Å². The van der Waals surface area contributed by atoms with Crippen molar-refractivity contribution in [3.63, 3.8) is 0 Å². The average molecular weight is 535 g/mol. The predicted molar refractivity (Wildman–Crippen MR) is 135 cm³/mol. The number of non-ortho nitro benzene ring substituents is 1. The van der Waals surface area contributed by atoms with E-state index in [1.165, 1.54) is 24.3 Å². The standard InChI is InChI=1S/C28H26N2O9/c1-38-25(34)28(26(35)39-2)13-17-12-20-21(24(33)29(23(20)32)18-6-4-3-5-7-18)14-27(17,15-28)22(31)16-8-10-19(11-9-16)30(36)37/h3-12,20-22,31H,13-15H2,1-2H3/t20-,21+,22-,27+/m0/s1. The van der Waals surface area contributed by atoms with E-state index in [-0.39, 0.29) is 24.9 Å². The number of carbonyl (C=O) groups excluding carboxylic acids is 4. The topological polar surface area (TPSA) is 153 Å². The van der Waals surface area contributed by atoms with E-state index in [9.17, 15) is 34.4 Å². The smallest absolute Gasteiger partial charge is 0.323 e. The maximum absolute atomic E-state index is 13.6. The molecule has 1 aliphatic heterocycles. The van der Waals surface area contributed by atoms with Crippen LogP contribution in [0.1, 0.15) is 30.9 Å². The molecule has 1 heterocycles. The van der Waals surface area contributed by atoms with Gasteiger partial charge >= 0.3 is 11.9 Å². The molecule has 39 heavy (non-hydrogen) atoms. The van der Waals surface area contributed by atoms with Crippen LogP contribution in [0.2, 0.25) is 0 Å². The summed E-state index contributed by atoms with van der Waals surface area (Å²) in [6.45, 7) is 0. The maximum Gasteiger partial charge on any atom is 0.323 e. The first-order chi connectivity index (χ1) is 18.6. The molecule has 1 saturated heterocycles. The quantitative estimate of drug-likeness (QED) is 0.147. The number of methoxy groups -OCH3 is 2. The number of benzene rings is 2. The number of para-hydroxylation sites is 1. The van der Waals surface area contributed by atoms with Gasteiger partial charge in [0.2, 0.25) is 11.8 Å². The number of aliphatic hydroxyl groups excluding tert-OH is 1. The molecule has 0 aromatic heterocycles. The lowest BCUT2D eigenvalue weighted by molar-refractivity contribution is -0.384. The molecule has 1 saturated carbocycles. The number of hydrogen-bond donors (Lipinski definition) is 1. The van der Waals surface area contributed by atoms with Crippen molar-refractivity contribution in [2.24, 2.45) is 22.7 Å². The maximum atomic E-state index is 13.6. The van der Waals surface area contributed by atoms with E-state index in [1.54, 1.807) is 36.4 Å². The van der Waals surface area contributed by atoms with Crippen LogP contribution in [0.5, 0.6) is 0 Å². The van der Waals surface area contributed by atoms with Crippen LogP contribution >= 0.6 is 0 Å². The zero-order valence-corrected chi connectivity index (χ0v) is 21.2. The molecule has 2 amide bonds. The summed E-state index contributed by atoms with van der Waals surface area (Å²) in [5.41, 5.74) is -2.13. The molecule has 11 nitrogen and oxygen atoms in total. The van der Waals surface area contributed by atoms with E-state index in [2.05, 4.69) is 0 Å². The van der Waals surface area contributed by atoms with Crippen molar-refractivity contribution >= 4 is 35.1 Å². The van der Waals surface area contributed by atoms with E-state index >= 15 is 0 Å². The molecule has 0 bridgehead atoms. The molecule has 5 rings (SSSR count). The highest BCUT2D eigenvalue weighted by Gasteiger charge is 2.67. The van der Waals surface area contributed by atoms with Crippen molar-refractivity contribution in [3.8, 4) is 0 Å². The van der Waals surface area contributed by atoms with Gasteiger partial charge in [0.1, 0.15) is 0 Å². The number of amides is 2. The van der Waals surface area contributed by atoms with Crippen LogP contribution in [0.4, 0.5) is 11.4 Å². The first kappa shape index (κ1) is 26.2. The molecule has 2 aromatic rings. The number of nitro groups is 1. The van der Waals surface area contributed by atoms with Crippen molar-refractivity contribution in [2.45, 2.75) is 25.4 Å². The first-order valence-electron chi connectivity index (χ1n) is 12.3. The van der Waals surface area contributed by atoms with Gasteiger partial charge in [-0.3, -0.25) is 29.3 Å². The summed E-state index contributed by atoms with van der Waals surface area (Å²) in [5, 5.41) is 23.0. The number of aliphatic hydroxyl groups is 1. The summed E-state index contributed by atoms with van der Waals surface area (Å²) < 4.78 is 9.97. The Labute approximate surface area is 223 Å². The fraction of sp³-hybridized carbons (Fsp3) is 0.357. The second kappa shape index (κ2) is 9.42. The second-order valence-corrected chi connectivity index (χ2v) is 10.2. The molecule has 4 atom stereocenters. The summed E-state index contributed by atoms with van der Waals surface area (Å²) >= 11 is 0. The number of imide groups is 1. The first-order valence-corrected chi connectivity index (χ1v) is 12.3. The summed E-state index contributed by atoms with van der Waals surface area (Å²) in [5.74, 6) is -4.30. The number of nitrogens with zero attached hydrogens (tertiary/aromatic N) is 2. The van der Waals surface area contributed by atoms with Crippen LogP contribution in [0, 0.1) is 32.8 Å². The Morgan fingerprint density at radius 2 is 1.64 bits per heavy atom. The Bertz CT molecular complexity index is 1390. The van der Waals surface area contributed by atoms with E-state index in [0.717, 1.165) is 19.1 Å². The number of carbonyl (C=O) groups is 4. The number of nitro benzene ring substituents is 1. The third kappa shape index (κ3) is 3.84. The van der Waals surface area contributed by atoms with Crippen molar-refractivity contribution in [1.29, 1.82) is 0 Å². The molecule has 0 spiro atoms. The third-order valence-corrected chi connectivity index (χ3v) is 8.30. The molecule has 2 aliphatic carbocycles. The zero-order valence-electron chi connectivity index (χ0n) is 21.2. The van der Waals surface area contributed by atoms with Crippen LogP contribution < -0.4 is 4.90 Å². The van der Waals surface area contributed by atoms with Crippen molar-refractivity contribution < 1.29 is 38.7 Å². The molecule has 202 valence electrons. The van der Waals surface area contributed by atoms with Gasteiger partial charge in [0.15, 0.2) is 5.41 Å². The second-order valence-electron chi connectivity index (χ2n) is 10.2. The van der Waals surface area contributed by atoms with Gasteiger partial charge in [-0.2, -0.15) is 0 Å². The van der Waals surface area contributed by atoms with Crippen molar-refractivity contribution in [2.75, 3.05) is 19.1 Å². The summed E-state index contributed by atoms with van der Waals surface area (Å²) in [6, 6.07) is 13.8. The van der Waals surface area contributed by atoms with E-state index in [1.807, 2.05) is 0 Å². The van der Waals surface area contributed by atoms with Gasteiger partial charge in [0, 0.05) is 17.5 Å². The minimum atomic E-state index is -1.80. The van der Waals surface area contributed by atoms with E-state index in [0.29, 0.717) is 16.8 Å². The normalized spacial score (nSPS) is 25.8. The molecule has 11 heteroatoms. The molecule has 2 fully saturated rings. The Morgan fingerprint density at radius 3 is 2.21 bits per heavy atom. The Hall–Kier alpha value is -4.38.